The molecule has 0 N–H and O–H groups in total. The lowest BCUT2D eigenvalue weighted by Crippen LogP contribution is -2.27. The van der Waals surface area contributed by atoms with Crippen LogP contribution in [0.4, 0.5) is 13.2 Å². The van der Waals surface area contributed by atoms with Crippen molar-refractivity contribution >= 4 is 89.7 Å². The minimum absolute atomic E-state index is 0.0192. The molecular formula is C15H6F3I3NO5S-. The van der Waals surface area contributed by atoms with Gasteiger partial charge < -0.3 is 9.84 Å². The van der Waals surface area contributed by atoms with Crippen molar-refractivity contribution in [2.45, 2.75) is 5.51 Å². The summed E-state index contributed by atoms with van der Waals surface area (Å²) in [5.74, 6) is -2.22. The second kappa shape index (κ2) is 8.99. The van der Waals surface area contributed by atoms with Gasteiger partial charge in [0.25, 0.3) is 0 Å². The monoisotopic (exact) mass is 750 g/mol. The summed E-state index contributed by atoms with van der Waals surface area (Å²) in [7, 11) is -5.94. The summed E-state index contributed by atoms with van der Waals surface area (Å²) in [6.45, 7) is 0. The molecule has 2 aromatic carbocycles. The van der Waals surface area contributed by atoms with Gasteiger partial charge in [-0.25, -0.2) is 4.79 Å². The third kappa shape index (κ3) is 5.47. The van der Waals surface area contributed by atoms with E-state index in [1.807, 2.05) is 51.2 Å². The van der Waals surface area contributed by atoms with E-state index in [0.29, 0.717) is 12.7 Å². The van der Waals surface area contributed by atoms with Crippen LogP contribution in [-0.2, 0) is 10.0 Å². The van der Waals surface area contributed by atoms with Crippen LogP contribution >= 0.6 is 67.8 Å². The van der Waals surface area contributed by atoms with Crippen LogP contribution in [0.1, 0.15) is 15.9 Å². The molecule has 0 aliphatic carbocycles. The third-order valence-electron chi connectivity index (χ3n) is 3.06. The molecule has 0 bridgehead atoms. The number of esters is 1. The number of sulfonamides is 1. The van der Waals surface area contributed by atoms with Crippen LogP contribution in [0.3, 0.4) is 0 Å². The van der Waals surface area contributed by atoms with Crippen molar-refractivity contribution in [2.75, 3.05) is 0 Å². The van der Waals surface area contributed by atoms with Crippen molar-refractivity contribution in [2.24, 2.45) is 4.40 Å². The summed E-state index contributed by atoms with van der Waals surface area (Å²) in [4.78, 5) is 12.4. The molecule has 0 atom stereocenters. The zero-order valence-electron chi connectivity index (χ0n) is 13.1. The van der Waals surface area contributed by atoms with Gasteiger partial charge in [-0.3, -0.25) is 0 Å². The van der Waals surface area contributed by atoms with E-state index in [1.165, 1.54) is 0 Å². The van der Waals surface area contributed by atoms with Crippen LogP contribution in [0.25, 0.3) is 0 Å². The first kappa shape index (κ1) is 23.6. The molecule has 150 valence electrons. The van der Waals surface area contributed by atoms with Gasteiger partial charge in [0.15, 0.2) is 0 Å². The summed E-state index contributed by atoms with van der Waals surface area (Å²) in [5.41, 5.74) is -5.73. The molecule has 0 radical (unpaired) electrons. The van der Waals surface area contributed by atoms with Gasteiger partial charge in [-0.2, -0.15) is 26.0 Å². The first-order valence-corrected chi connectivity index (χ1v) is 11.6. The average molecular weight is 750 g/mol. The number of carbonyl (C=O) groups excluding carboxylic acids is 1. The molecule has 28 heavy (non-hydrogen) atoms. The Kier molecular flexibility index (Phi) is 7.57. The molecule has 0 heterocycles. The molecule has 6 nitrogen and oxygen atoms in total. The smallest absolute Gasteiger partial charge is 0.518 e. The van der Waals surface area contributed by atoms with Crippen LogP contribution < -0.4 is 9.84 Å². The van der Waals surface area contributed by atoms with E-state index in [9.17, 15) is 31.5 Å². The highest BCUT2D eigenvalue weighted by Crippen LogP contribution is 2.27. The zero-order valence-corrected chi connectivity index (χ0v) is 20.4. The minimum atomic E-state index is -5.94. The van der Waals surface area contributed by atoms with Crippen LogP contribution in [0, 0.1) is 10.7 Å². The predicted molar refractivity (Wildman–Crippen MR) is 118 cm³/mol. The van der Waals surface area contributed by atoms with E-state index >= 15 is 0 Å². The second-order valence-electron chi connectivity index (χ2n) is 4.95. The predicted octanol–water partition coefficient (Wildman–Crippen LogP) is 3.68. The number of rotatable bonds is 4. The number of ether oxygens (including phenoxy) is 1. The normalized spacial score (nSPS) is 12.7. The average Bonchev–Trinajstić information content (AvgIpc) is 2.57. The lowest BCUT2D eigenvalue weighted by atomic mass is 10.2. The third-order valence-corrected chi connectivity index (χ3v) is 8.00. The molecule has 0 fully saturated rings. The Morgan fingerprint density at radius 1 is 1.00 bits per heavy atom. The van der Waals surface area contributed by atoms with Crippen LogP contribution in [-0.4, -0.2) is 25.8 Å². The molecule has 0 spiro atoms. The Bertz CT molecular complexity index is 1050. The number of hydrogen-bond donors (Lipinski definition) is 0. The van der Waals surface area contributed by atoms with Crippen molar-refractivity contribution in [3.8, 4) is 5.75 Å². The molecule has 2 aromatic rings. The Morgan fingerprint density at radius 3 is 2.07 bits per heavy atom. The molecule has 13 heteroatoms. The summed E-state index contributed by atoms with van der Waals surface area (Å²) in [6.07, 6.45) is 0. The number of nitrogens with zero attached hydrogens (tertiary/aromatic N) is 1. The Labute approximate surface area is 198 Å². The molecule has 0 aromatic heterocycles. The van der Waals surface area contributed by atoms with E-state index < -0.39 is 33.0 Å². The summed E-state index contributed by atoms with van der Waals surface area (Å²) >= 11 is 6.04. The van der Waals surface area contributed by atoms with Gasteiger partial charge >= 0.3 is 21.5 Å². The Hall–Kier alpha value is -0.690. The van der Waals surface area contributed by atoms with Gasteiger partial charge in [-0.1, -0.05) is 12.1 Å². The fraction of sp³-hybridized carbons (Fsp3) is 0.0667. The second-order valence-corrected chi connectivity index (χ2v) is 9.95. The lowest BCUT2D eigenvalue weighted by molar-refractivity contribution is -0.212. The highest BCUT2D eigenvalue weighted by Gasteiger charge is 2.45. The fourth-order valence-electron chi connectivity index (χ4n) is 1.75. The zero-order chi connectivity index (χ0) is 21.3. The molecule has 0 amide bonds. The topological polar surface area (TPSA) is 95.9 Å². The quantitative estimate of drug-likeness (QED) is 0.119. The number of benzene rings is 2. The van der Waals surface area contributed by atoms with Gasteiger partial charge in [0.2, 0.25) is 0 Å². The number of hydrogen-bond acceptors (Lipinski definition) is 5. The lowest BCUT2D eigenvalue weighted by Gasteiger charge is -2.13. The van der Waals surface area contributed by atoms with E-state index in [4.69, 9.17) is 4.74 Å². The first-order chi connectivity index (χ1) is 12.8. The van der Waals surface area contributed by atoms with E-state index in [1.54, 1.807) is 6.07 Å². The van der Waals surface area contributed by atoms with Gasteiger partial charge in [0, 0.05) is 16.6 Å². The van der Waals surface area contributed by atoms with Crippen LogP contribution in [0.15, 0.2) is 40.8 Å². The standard InChI is InChI=1S/C15H7F3I3NO5S/c16-15(17,18)28(25,26)22-13(23)7-1-3-8(4-2-7)27-14(24)11-9(19)5-6-10(20)12(11)21/h1-6H,(H,22,23)/p-1. The van der Waals surface area contributed by atoms with Crippen molar-refractivity contribution in [1.82, 2.24) is 0 Å². The molecule has 0 aliphatic rings. The maximum atomic E-state index is 12.4. The highest BCUT2D eigenvalue weighted by atomic mass is 127. The SMILES string of the molecule is O=C(Oc1ccc(/C([O-])=N/S(=O)(=O)C(F)(F)F)cc1)c1c(I)ccc(I)c1I. The molecular weight excluding hydrogens is 744 g/mol. The number of alkyl halides is 3. The largest absolute Gasteiger partial charge is 0.858 e. The molecule has 0 unspecified atom stereocenters. The van der Waals surface area contributed by atoms with Gasteiger partial charge in [-0.15, -0.1) is 0 Å². The number of halogens is 6. The van der Waals surface area contributed by atoms with E-state index in [0.717, 1.165) is 27.8 Å². The summed E-state index contributed by atoms with van der Waals surface area (Å²) in [5, 5.41) is 11.6. The molecule has 2 rings (SSSR count). The highest BCUT2D eigenvalue weighted by molar-refractivity contribution is 14.1. The van der Waals surface area contributed by atoms with E-state index in [-0.39, 0.29) is 5.75 Å². The maximum absolute atomic E-state index is 12.4. The van der Waals surface area contributed by atoms with Gasteiger partial charge in [-0.05, 0) is 97.6 Å². The fourth-order valence-corrected chi connectivity index (χ4v) is 4.50. The van der Waals surface area contributed by atoms with E-state index in [2.05, 4.69) is 27.0 Å². The van der Waals surface area contributed by atoms with Gasteiger partial charge in [0.1, 0.15) is 5.75 Å². The minimum Gasteiger partial charge on any atom is -0.858 e. The van der Waals surface area contributed by atoms with Crippen molar-refractivity contribution in [3.63, 3.8) is 0 Å². The number of carbonyl (C=O) groups is 1. The molecule has 0 saturated heterocycles. The Balaban J connectivity index is 2.24. The summed E-state index contributed by atoms with van der Waals surface area (Å²) < 4.78 is 68.3. The van der Waals surface area contributed by atoms with Crippen molar-refractivity contribution in [1.29, 1.82) is 0 Å². The summed E-state index contributed by atoms with van der Waals surface area (Å²) in [6, 6.07) is 7.88. The van der Waals surface area contributed by atoms with Crippen LogP contribution in [0.2, 0.25) is 0 Å². The molecule has 0 aliphatic heterocycles. The van der Waals surface area contributed by atoms with Crippen LogP contribution in [0.5, 0.6) is 5.75 Å². The van der Waals surface area contributed by atoms with Gasteiger partial charge in [0.05, 0.1) is 5.56 Å². The van der Waals surface area contributed by atoms with Crippen molar-refractivity contribution in [3.05, 3.63) is 58.2 Å². The maximum Gasteiger partial charge on any atom is 0.518 e. The first-order valence-electron chi connectivity index (χ1n) is 6.88. The molecule has 0 saturated carbocycles. The Morgan fingerprint density at radius 2 is 1.54 bits per heavy atom. The van der Waals surface area contributed by atoms with Crippen molar-refractivity contribution < 1.29 is 36.2 Å².